The lowest BCUT2D eigenvalue weighted by Gasteiger charge is -2.37. The van der Waals surface area contributed by atoms with Crippen LogP contribution in [-0.2, 0) is 21.2 Å². The first-order valence-electron chi connectivity index (χ1n) is 11.9. The van der Waals surface area contributed by atoms with Gasteiger partial charge in [0, 0.05) is 40.3 Å². The molecule has 0 unspecified atom stereocenters. The molecule has 1 N–H and O–H groups in total. The first kappa shape index (κ1) is 26.1. The van der Waals surface area contributed by atoms with Crippen molar-refractivity contribution < 1.29 is 18.0 Å². The Morgan fingerprint density at radius 2 is 1.62 bits per heavy atom. The van der Waals surface area contributed by atoms with Crippen molar-refractivity contribution in [1.29, 1.82) is 5.26 Å². The van der Waals surface area contributed by atoms with Gasteiger partial charge >= 0.3 is 6.03 Å². The lowest BCUT2D eigenvalue weighted by molar-refractivity contribution is -0.134. The molecule has 0 radical (unpaired) electrons. The van der Waals surface area contributed by atoms with E-state index >= 15 is 0 Å². The molecule has 1 aliphatic heterocycles. The Kier molecular flexibility index (Phi) is 7.76. The minimum Gasteiger partial charge on any atom is -0.338 e. The third-order valence-corrected chi connectivity index (χ3v) is 7.84. The second-order valence-electron chi connectivity index (χ2n) is 9.19. The van der Waals surface area contributed by atoms with Crippen LogP contribution in [0.4, 0.5) is 4.79 Å². The van der Waals surface area contributed by atoms with Gasteiger partial charge in [-0.2, -0.15) is 9.98 Å². The summed E-state index contributed by atoms with van der Waals surface area (Å²) in [5.74, 6) is -0.372. The molecule has 0 spiro atoms. The number of nitriles is 1. The number of fused-ring (bicyclic) bond motifs is 1. The van der Waals surface area contributed by atoms with Gasteiger partial charge in [0.15, 0.2) is 0 Å². The zero-order valence-corrected chi connectivity index (χ0v) is 21.6. The van der Waals surface area contributed by atoms with Crippen LogP contribution in [0, 0.1) is 11.3 Å². The summed E-state index contributed by atoms with van der Waals surface area (Å²) in [4.78, 5) is 30.7. The predicted octanol–water partition coefficient (Wildman–Crippen LogP) is 2.43. The number of piperazine rings is 1. The summed E-state index contributed by atoms with van der Waals surface area (Å²) < 4.78 is 29.4. The van der Waals surface area contributed by atoms with Crippen LogP contribution >= 0.6 is 0 Å². The van der Waals surface area contributed by atoms with Crippen molar-refractivity contribution in [3.8, 4) is 6.07 Å². The third-order valence-electron chi connectivity index (χ3n) is 6.37. The van der Waals surface area contributed by atoms with Gasteiger partial charge in [-0.15, -0.1) is 0 Å². The van der Waals surface area contributed by atoms with Crippen LogP contribution in [0.3, 0.4) is 0 Å². The molecule has 0 saturated carbocycles. The van der Waals surface area contributed by atoms with Crippen LogP contribution in [0.5, 0.6) is 0 Å². The van der Waals surface area contributed by atoms with Crippen LogP contribution in [-0.4, -0.2) is 81.4 Å². The van der Waals surface area contributed by atoms with E-state index in [4.69, 9.17) is 0 Å². The molecule has 1 atom stereocenters. The molecule has 1 saturated heterocycles. The first-order chi connectivity index (χ1) is 17.7. The molecule has 10 heteroatoms. The van der Waals surface area contributed by atoms with Gasteiger partial charge < -0.3 is 14.7 Å². The number of benzene rings is 3. The lowest BCUT2D eigenvalue weighted by Crippen LogP contribution is -2.57. The highest BCUT2D eigenvalue weighted by molar-refractivity contribution is 7.89. The zero-order chi connectivity index (χ0) is 26.6. The monoisotopic (exact) mass is 519 g/mol. The molecule has 1 fully saturated rings. The number of urea groups is 1. The number of hydrogen-bond donors (Lipinski definition) is 1. The first-order valence-corrected chi connectivity index (χ1v) is 13.4. The summed E-state index contributed by atoms with van der Waals surface area (Å²) in [5, 5.41) is 11.0. The molecule has 37 heavy (non-hydrogen) atoms. The Hall–Kier alpha value is -3.94. The normalized spacial score (nSPS) is 14.7. The van der Waals surface area contributed by atoms with E-state index in [1.807, 2.05) is 24.3 Å². The van der Waals surface area contributed by atoms with E-state index < -0.39 is 16.1 Å². The van der Waals surface area contributed by atoms with Crippen molar-refractivity contribution in [3.63, 3.8) is 0 Å². The standard InChI is InChI=1S/C27H29N5O4S/c1-30(2)27(34)32-14-12-31(13-15-32)26(33)25(17-20-6-5-7-21(16-20)19-28)29-37(35,36)24-11-10-22-8-3-4-9-23(22)18-24/h3-11,16,18,25,29H,12-15,17H2,1-2H3/t25-/m0/s1. The Morgan fingerprint density at radius 3 is 2.30 bits per heavy atom. The molecule has 3 aromatic rings. The van der Waals surface area contributed by atoms with Crippen LogP contribution in [0.2, 0.25) is 0 Å². The van der Waals surface area contributed by atoms with Crippen molar-refractivity contribution in [2.75, 3.05) is 40.3 Å². The Morgan fingerprint density at radius 1 is 0.946 bits per heavy atom. The van der Waals surface area contributed by atoms with Gasteiger partial charge in [0.05, 0.1) is 16.5 Å². The van der Waals surface area contributed by atoms with E-state index in [0.29, 0.717) is 37.3 Å². The lowest BCUT2D eigenvalue weighted by atomic mass is 10.0. The van der Waals surface area contributed by atoms with Crippen LogP contribution < -0.4 is 4.72 Å². The molecule has 0 aliphatic carbocycles. The van der Waals surface area contributed by atoms with Crippen molar-refractivity contribution in [2.24, 2.45) is 0 Å². The van der Waals surface area contributed by atoms with E-state index in [0.717, 1.165) is 10.8 Å². The fraction of sp³-hybridized carbons (Fsp3) is 0.296. The molecule has 1 heterocycles. The van der Waals surface area contributed by atoms with E-state index in [9.17, 15) is 23.3 Å². The number of nitrogens with zero attached hydrogens (tertiary/aromatic N) is 4. The fourth-order valence-electron chi connectivity index (χ4n) is 4.39. The summed E-state index contributed by atoms with van der Waals surface area (Å²) >= 11 is 0. The maximum atomic E-state index is 13.6. The minimum absolute atomic E-state index is 0.0659. The molecular weight excluding hydrogens is 490 g/mol. The van der Waals surface area contributed by atoms with Gasteiger partial charge in [0.1, 0.15) is 6.04 Å². The predicted molar refractivity (Wildman–Crippen MR) is 140 cm³/mol. The topological polar surface area (TPSA) is 114 Å². The van der Waals surface area contributed by atoms with Gasteiger partial charge in [-0.3, -0.25) is 4.79 Å². The van der Waals surface area contributed by atoms with Crippen molar-refractivity contribution in [1.82, 2.24) is 19.4 Å². The van der Waals surface area contributed by atoms with Gasteiger partial charge in [-0.1, -0.05) is 42.5 Å². The molecule has 3 amide bonds. The smallest absolute Gasteiger partial charge is 0.319 e. The highest BCUT2D eigenvalue weighted by Gasteiger charge is 2.32. The Balaban J connectivity index is 1.59. The number of carbonyl (C=O) groups excluding carboxylic acids is 2. The average molecular weight is 520 g/mol. The Labute approximate surface area is 216 Å². The fourth-order valence-corrected chi connectivity index (χ4v) is 5.62. The number of amides is 3. The molecule has 1 aliphatic rings. The van der Waals surface area contributed by atoms with E-state index in [1.165, 1.54) is 11.0 Å². The number of nitrogens with one attached hydrogen (secondary N) is 1. The third kappa shape index (κ3) is 6.07. The number of hydrogen-bond acceptors (Lipinski definition) is 5. The van der Waals surface area contributed by atoms with E-state index in [-0.39, 0.29) is 23.3 Å². The van der Waals surface area contributed by atoms with Gasteiger partial charge in [0.2, 0.25) is 15.9 Å². The molecule has 0 aromatic heterocycles. The largest absolute Gasteiger partial charge is 0.338 e. The minimum atomic E-state index is -4.04. The highest BCUT2D eigenvalue weighted by Crippen LogP contribution is 2.20. The van der Waals surface area contributed by atoms with Crippen molar-refractivity contribution in [3.05, 3.63) is 77.9 Å². The van der Waals surface area contributed by atoms with Gasteiger partial charge in [0.25, 0.3) is 0 Å². The maximum absolute atomic E-state index is 13.6. The number of carbonyl (C=O) groups is 2. The maximum Gasteiger partial charge on any atom is 0.319 e. The summed E-state index contributed by atoms with van der Waals surface area (Å²) in [6, 6.07) is 19.9. The van der Waals surface area contributed by atoms with Crippen molar-refractivity contribution >= 4 is 32.7 Å². The zero-order valence-electron chi connectivity index (χ0n) is 20.8. The molecular formula is C27H29N5O4S. The summed E-state index contributed by atoms with van der Waals surface area (Å²) in [6.07, 6.45) is 0.0814. The number of sulfonamides is 1. The highest BCUT2D eigenvalue weighted by atomic mass is 32.2. The summed E-state index contributed by atoms with van der Waals surface area (Å²) in [6.45, 7) is 1.31. The summed E-state index contributed by atoms with van der Waals surface area (Å²) in [7, 11) is -0.693. The molecule has 0 bridgehead atoms. The Bertz CT molecular complexity index is 1460. The second-order valence-corrected chi connectivity index (χ2v) is 10.9. The SMILES string of the molecule is CN(C)C(=O)N1CCN(C(=O)[C@H](Cc2cccc(C#N)c2)NS(=O)(=O)c2ccc3ccccc3c2)CC1. The van der Waals surface area contributed by atoms with E-state index in [2.05, 4.69) is 10.8 Å². The van der Waals surface area contributed by atoms with Gasteiger partial charge in [-0.05, 0) is 47.0 Å². The van der Waals surface area contributed by atoms with Crippen LogP contribution in [0.15, 0.2) is 71.6 Å². The quantitative estimate of drug-likeness (QED) is 0.537. The summed E-state index contributed by atoms with van der Waals surface area (Å²) in [5.41, 5.74) is 1.09. The van der Waals surface area contributed by atoms with Crippen molar-refractivity contribution in [2.45, 2.75) is 17.4 Å². The second kappa shape index (κ2) is 11.0. The van der Waals surface area contributed by atoms with Crippen LogP contribution in [0.25, 0.3) is 10.8 Å². The molecule has 3 aromatic carbocycles. The molecule has 9 nitrogen and oxygen atoms in total. The van der Waals surface area contributed by atoms with Crippen LogP contribution in [0.1, 0.15) is 11.1 Å². The average Bonchev–Trinajstić information content (AvgIpc) is 2.91. The molecule has 192 valence electrons. The number of rotatable bonds is 6. The molecule has 4 rings (SSSR count). The van der Waals surface area contributed by atoms with E-state index in [1.54, 1.807) is 60.3 Å². The van der Waals surface area contributed by atoms with Gasteiger partial charge in [-0.25, -0.2) is 13.2 Å².